The fourth-order valence-electron chi connectivity index (χ4n) is 2.81. The van der Waals surface area contributed by atoms with Crippen molar-refractivity contribution in [3.05, 3.63) is 23.9 Å². The van der Waals surface area contributed by atoms with E-state index in [2.05, 4.69) is 10.3 Å². The number of hydrogen-bond donors (Lipinski definition) is 2. The number of rotatable bonds is 4. The van der Waals surface area contributed by atoms with Gasteiger partial charge < -0.3 is 15.2 Å². The number of fused-ring (bicyclic) bond motifs is 1. The standard InChI is InChI=1S/C18H25N3O5/c1-10(2)13(20-17(25)26-18(3,4)5)15(22)21-12(16(23)24)9-11-7-6-8-19-14(11)21/h6-8,10,12-13H,9H2,1-5H3,(H,20,25)(H,23,24). The molecule has 0 aliphatic carbocycles. The van der Waals surface area contributed by atoms with E-state index in [-0.39, 0.29) is 12.3 Å². The summed E-state index contributed by atoms with van der Waals surface area (Å²) < 4.78 is 5.22. The normalized spacial score (nSPS) is 17.6. The Labute approximate surface area is 152 Å². The van der Waals surface area contributed by atoms with E-state index in [1.165, 1.54) is 11.1 Å². The molecule has 2 rings (SSSR count). The van der Waals surface area contributed by atoms with Crippen LogP contribution < -0.4 is 10.2 Å². The molecule has 0 bridgehead atoms. The highest BCUT2D eigenvalue weighted by Crippen LogP contribution is 2.31. The maximum Gasteiger partial charge on any atom is 0.408 e. The Kier molecular flexibility index (Phi) is 5.53. The average Bonchev–Trinajstić information content (AvgIpc) is 2.89. The topological polar surface area (TPSA) is 109 Å². The number of hydrogen-bond acceptors (Lipinski definition) is 5. The first-order valence-corrected chi connectivity index (χ1v) is 8.50. The smallest absolute Gasteiger partial charge is 0.408 e. The second kappa shape index (κ2) is 7.31. The average molecular weight is 363 g/mol. The van der Waals surface area contributed by atoms with Gasteiger partial charge in [-0.05, 0) is 38.3 Å². The Morgan fingerprint density at radius 2 is 2.00 bits per heavy atom. The van der Waals surface area contributed by atoms with Gasteiger partial charge in [-0.15, -0.1) is 0 Å². The molecule has 0 saturated heterocycles. The number of carboxylic acids is 1. The lowest BCUT2D eigenvalue weighted by Gasteiger charge is -2.30. The lowest BCUT2D eigenvalue weighted by molar-refractivity contribution is -0.140. The van der Waals surface area contributed by atoms with E-state index in [1.54, 1.807) is 46.8 Å². The monoisotopic (exact) mass is 363 g/mol. The highest BCUT2D eigenvalue weighted by atomic mass is 16.6. The summed E-state index contributed by atoms with van der Waals surface area (Å²) >= 11 is 0. The van der Waals surface area contributed by atoms with E-state index in [9.17, 15) is 19.5 Å². The molecule has 142 valence electrons. The molecule has 1 aliphatic rings. The van der Waals surface area contributed by atoms with Gasteiger partial charge in [0, 0.05) is 12.6 Å². The molecular formula is C18H25N3O5. The zero-order valence-electron chi connectivity index (χ0n) is 15.6. The van der Waals surface area contributed by atoms with Crippen LogP contribution in [-0.4, -0.2) is 45.7 Å². The van der Waals surface area contributed by atoms with Crippen LogP contribution in [0.3, 0.4) is 0 Å². The van der Waals surface area contributed by atoms with Crippen molar-refractivity contribution in [2.75, 3.05) is 4.90 Å². The lowest BCUT2D eigenvalue weighted by atomic mass is 10.0. The Morgan fingerprint density at radius 3 is 2.54 bits per heavy atom. The van der Waals surface area contributed by atoms with Crippen LogP contribution in [0.15, 0.2) is 18.3 Å². The largest absolute Gasteiger partial charge is 0.480 e. The number of pyridine rings is 1. The van der Waals surface area contributed by atoms with Crippen LogP contribution in [0.25, 0.3) is 0 Å². The molecule has 1 aliphatic heterocycles. The molecule has 0 spiro atoms. The third kappa shape index (κ3) is 4.30. The summed E-state index contributed by atoms with van der Waals surface area (Å²) in [4.78, 5) is 42.2. The van der Waals surface area contributed by atoms with Crippen molar-refractivity contribution < 1.29 is 24.2 Å². The molecule has 2 amide bonds. The van der Waals surface area contributed by atoms with Gasteiger partial charge >= 0.3 is 12.1 Å². The number of nitrogens with zero attached hydrogens (tertiary/aromatic N) is 2. The summed E-state index contributed by atoms with van der Waals surface area (Å²) in [5, 5.41) is 12.1. The van der Waals surface area contributed by atoms with Crippen molar-refractivity contribution in [3.8, 4) is 0 Å². The predicted octanol–water partition coefficient (Wildman–Crippen LogP) is 1.97. The van der Waals surface area contributed by atoms with Crippen molar-refractivity contribution in [1.29, 1.82) is 0 Å². The molecule has 2 heterocycles. The molecule has 0 fully saturated rings. The first-order chi connectivity index (χ1) is 12.0. The summed E-state index contributed by atoms with van der Waals surface area (Å²) in [5.74, 6) is -1.58. The van der Waals surface area contributed by atoms with Crippen molar-refractivity contribution in [1.82, 2.24) is 10.3 Å². The molecule has 2 unspecified atom stereocenters. The van der Waals surface area contributed by atoms with Crippen LogP contribution in [0.1, 0.15) is 40.2 Å². The number of nitrogens with one attached hydrogen (secondary N) is 1. The van der Waals surface area contributed by atoms with E-state index in [1.807, 2.05) is 0 Å². The first-order valence-electron chi connectivity index (χ1n) is 8.50. The minimum absolute atomic E-state index is 0.182. The first kappa shape index (κ1) is 19.7. The van der Waals surface area contributed by atoms with Crippen LogP contribution in [0, 0.1) is 5.92 Å². The van der Waals surface area contributed by atoms with Crippen LogP contribution in [0.4, 0.5) is 10.6 Å². The van der Waals surface area contributed by atoms with Gasteiger partial charge in [-0.3, -0.25) is 9.69 Å². The van der Waals surface area contributed by atoms with E-state index >= 15 is 0 Å². The van der Waals surface area contributed by atoms with Gasteiger partial charge in [0.25, 0.3) is 5.91 Å². The number of aromatic nitrogens is 1. The van der Waals surface area contributed by atoms with Crippen LogP contribution in [-0.2, 0) is 20.7 Å². The van der Waals surface area contributed by atoms with Gasteiger partial charge in [0.15, 0.2) is 0 Å². The van der Waals surface area contributed by atoms with Crippen molar-refractivity contribution >= 4 is 23.8 Å². The molecule has 0 aromatic carbocycles. The second-order valence-corrected chi connectivity index (χ2v) is 7.62. The number of anilines is 1. The molecule has 1 aromatic rings. The van der Waals surface area contributed by atoms with Crippen molar-refractivity contribution in [2.24, 2.45) is 5.92 Å². The number of ether oxygens (including phenoxy) is 1. The molecule has 1 aromatic heterocycles. The highest BCUT2D eigenvalue weighted by Gasteiger charge is 2.43. The minimum Gasteiger partial charge on any atom is -0.480 e. The molecule has 26 heavy (non-hydrogen) atoms. The summed E-state index contributed by atoms with van der Waals surface area (Å²) in [6, 6.07) is 1.47. The molecule has 8 nitrogen and oxygen atoms in total. The number of carbonyl (C=O) groups is 3. The number of carboxylic acid groups (broad SMARTS) is 1. The summed E-state index contributed by atoms with van der Waals surface area (Å²) in [5.41, 5.74) is -0.0203. The fraction of sp³-hybridized carbons (Fsp3) is 0.556. The molecule has 0 radical (unpaired) electrons. The number of alkyl carbamates (subject to hydrolysis) is 1. The quantitative estimate of drug-likeness (QED) is 0.846. The number of carbonyl (C=O) groups excluding carboxylic acids is 2. The third-order valence-electron chi connectivity index (χ3n) is 3.95. The van der Waals surface area contributed by atoms with E-state index in [4.69, 9.17) is 4.74 Å². The zero-order valence-corrected chi connectivity index (χ0v) is 15.6. The van der Waals surface area contributed by atoms with Gasteiger partial charge in [-0.1, -0.05) is 19.9 Å². The number of amides is 2. The Morgan fingerprint density at radius 1 is 1.35 bits per heavy atom. The fourth-order valence-corrected chi connectivity index (χ4v) is 2.81. The van der Waals surface area contributed by atoms with Gasteiger partial charge in [0.1, 0.15) is 23.5 Å². The Hall–Kier alpha value is -2.64. The van der Waals surface area contributed by atoms with Crippen LogP contribution in [0.2, 0.25) is 0 Å². The van der Waals surface area contributed by atoms with Gasteiger partial charge in [-0.25, -0.2) is 14.6 Å². The van der Waals surface area contributed by atoms with Crippen LogP contribution >= 0.6 is 0 Å². The maximum atomic E-state index is 13.1. The third-order valence-corrected chi connectivity index (χ3v) is 3.95. The second-order valence-electron chi connectivity index (χ2n) is 7.62. The van der Waals surface area contributed by atoms with Crippen LogP contribution in [0.5, 0.6) is 0 Å². The molecule has 2 atom stereocenters. The summed E-state index contributed by atoms with van der Waals surface area (Å²) in [7, 11) is 0. The van der Waals surface area contributed by atoms with E-state index in [0.717, 1.165) is 0 Å². The summed E-state index contributed by atoms with van der Waals surface area (Å²) in [6.45, 7) is 8.70. The predicted molar refractivity (Wildman–Crippen MR) is 94.8 cm³/mol. The van der Waals surface area contributed by atoms with Crippen molar-refractivity contribution in [2.45, 2.75) is 58.7 Å². The Balaban J connectivity index is 2.29. The molecule has 0 saturated carbocycles. The SMILES string of the molecule is CC(C)C(NC(=O)OC(C)(C)C)C(=O)N1c2ncccc2CC1C(=O)O. The zero-order chi connectivity index (χ0) is 19.6. The van der Waals surface area contributed by atoms with Gasteiger partial charge in [-0.2, -0.15) is 0 Å². The minimum atomic E-state index is -1.11. The van der Waals surface area contributed by atoms with Gasteiger partial charge in [0.05, 0.1) is 0 Å². The molecule has 2 N–H and O–H groups in total. The Bertz CT molecular complexity index is 711. The summed E-state index contributed by atoms with van der Waals surface area (Å²) in [6.07, 6.45) is 0.966. The molecular weight excluding hydrogens is 338 g/mol. The van der Waals surface area contributed by atoms with E-state index in [0.29, 0.717) is 11.4 Å². The molecule has 8 heteroatoms. The number of aliphatic carboxylic acids is 1. The maximum absolute atomic E-state index is 13.1. The van der Waals surface area contributed by atoms with Crippen molar-refractivity contribution in [3.63, 3.8) is 0 Å². The van der Waals surface area contributed by atoms with Gasteiger partial charge in [0.2, 0.25) is 0 Å². The van der Waals surface area contributed by atoms with E-state index < -0.39 is 35.7 Å². The lowest BCUT2D eigenvalue weighted by Crippen LogP contribution is -2.55. The highest BCUT2D eigenvalue weighted by molar-refractivity contribution is 6.04.